The van der Waals surface area contributed by atoms with Crippen molar-refractivity contribution in [2.45, 2.75) is 49.3 Å². The van der Waals surface area contributed by atoms with Crippen molar-refractivity contribution in [3.05, 3.63) is 63.6 Å². The number of hydrogen-bond acceptors (Lipinski definition) is 2. The number of aryl methyl sites for hydroxylation is 1. The molecule has 144 valence electrons. The lowest BCUT2D eigenvalue weighted by atomic mass is 9.84. The van der Waals surface area contributed by atoms with E-state index in [1.165, 1.54) is 42.6 Å². The summed E-state index contributed by atoms with van der Waals surface area (Å²) in [5.74, 6) is 1.49. The maximum Gasteiger partial charge on any atom is 0.251 e. The van der Waals surface area contributed by atoms with Crippen molar-refractivity contribution >= 4 is 11.8 Å². The molecule has 0 amide bonds. The summed E-state index contributed by atoms with van der Waals surface area (Å²) in [5, 5.41) is 0. The monoisotopic (exact) mass is 377 g/mol. The van der Waals surface area contributed by atoms with Crippen LogP contribution in [0.5, 0.6) is 0 Å². The van der Waals surface area contributed by atoms with Gasteiger partial charge in [-0.25, -0.2) is 0 Å². The Morgan fingerprint density at radius 2 is 1.73 bits per heavy atom. The lowest BCUT2D eigenvalue weighted by Crippen LogP contribution is -2.22. The molecule has 0 spiro atoms. The van der Waals surface area contributed by atoms with Gasteiger partial charge in [0, 0.05) is 23.0 Å². The molecule has 4 rings (SSSR count). The zero-order chi connectivity index (χ0) is 16.7. The molecular weight excluding hydrogens is 346 g/mol. The molecule has 2 atom stereocenters. The lowest BCUT2D eigenvalue weighted by molar-refractivity contribution is 0.442. The minimum atomic E-state index is 0. The van der Waals surface area contributed by atoms with E-state index in [0.29, 0.717) is 5.92 Å². The molecule has 5 N–H and O–H groups in total. The summed E-state index contributed by atoms with van der Waals surface area (Å²) < 4.78 is 0. The number of pyridine rings is 1. The molecule has 0 unspecified atom stereocenters. The molecule has 2 aliphatic carbocycles. The number of nitrogens with one attached hydrogen (secondary N) is 1. The third kappa shape index (κ3) is 3.36. The van der Waals surface area contributed by atoms with Gasteiger partial charge in [-0.05, 0) is 55.2 Å². The quantitative estimate of drug-likeness (QED) is 0.825. The van der Waals surface area contributed by atoms with Gasteiger partial charge in [0.1, 0.15) is 0 Å². The van der Waals surface area contributed by atoms with Gasteiger partial charge in [-0.3, -0.25) is 4.79 Å². The highest BCUT2D eigenvalue weighted by Gasteiger charge is 2.60. The smallest absolute Gasteiger partial charge is 0.251 e. The van der Waals surface area contributed by atoms with Crippen LogP contribution in [0.15, 0.2) is 46.1 Å². The molecule has 4 nitrogen and oxygen atoms in total. The van der Waals surface area contributed by atoms with Crippen molar-refractivity contribution in [1.29, 1.82) is 0 Å². The summed E-state index contributed by atoms with van der Waals surface area (Å²) in [6, 6.07) is 13.1. The Kier molecular flexibility index (Phi) is 6.37. The van der Waals surface area contributed by atoms with Crippen LogP contribution in [0.1, 0.15) is 50.4 Å². The highest BCUT2D eigenvalue weighted by Crippen LogP contribution is 2.63. The van der Waals surface area contributed by atoms with Crippen LogP contribution in [0.2, 0.25) is 0 Å². The van der Waals surface area contributed by atoms with E-state index < -0.39 is 0 Å². The third-order valence-electron chi connectivity index (χ3n) is 6.18. The predicted octanol–water partition coefficient (Wildman–Crippen LogP) is 3.50. The number of aromatic nitrogens is 1. The van der Waals surface area contributed by atoms with E-state index in [-0.39, 0.29) is 23.4 Å². The van der Waals surface area contributed by atoms with Gasteiger partial charge in [-0.1, -0.05) is 43.9 Å². The van der Waals surface area contributed by atoms with Crippen molar-refractivity contribution in [3.8, 4) is 0 Å². The minimum absolute atomic E-state index is 0. The van der Waals surface area contributed by atoms with Gasteiger partial charge >= 0.3 is 0 Å². The molecule has 0 aliphatic heterocycles. The van der Waals surface area contributed by atoms with Crippen LogP contribution in [0.4, 0.5) is 0 Å². The van der Waals surface area contributed by atoms with Crippen LogP contribution in [0.25, 0.3) is 0 Å². The Morgan fingerprint density at radius 3 is 2.31 bits per heavy atom. The van der Waals surface area contributed by atoms with Crippen LogP contribution in [0.3, 0.4) is 0 Å². The van der Waals surface area contributed by atoms with E-state index in [1.54, 1.807) is 11.8 Å². The number of benzene rings is 1. The number of hydrogen-bond donors (Lipinski definition) is 1. The molecule has 1 aromatic carbocycles. The molecule has 2 saturated carbocycles. The summed E-state index contributed by atoms with van der Waals surface area (Å²) in [6.45, 7) is 1.88. The Labute approximate surface area is 160 Å². The Morgan fingerprint density at radius 1 is 1.08 bits per heavy atom. The van der Waals surface area contributed by atoms with Crippen LogP contribution in [-0.4, -0.2) is 22.2 Å². The average Bonchev–Trinajstić information content (AvgIpc) is 3.13. The van der Waals surface area contributed by atoms with Gasteiger partial charge in [0.2, 0.25) is 0 Å². The lowest BCUT2D eigenvalue weighted by Gasteiger charge is -2.22. The molecule has 26 heavy (non-hydrogen) atoms. The number of rotatable bonds is 4. The minimum Gasteiger partial charge on any atom is -0.412 e. The largest absolute Gasteiger partial charge is 0.412 e. The van der Waals surface area contributed by atoms with Gasteiger partial charge in [0.05, 0.1) is 0 Å². The first kappa shape index (κ1) is 20.7. The molecule has 0 radical (unpaired) electrons. The molecule has 2 aliphatic rings. The van der Waals surface area contributed by atoms with Crippen molar-refractivity contribution in [2.75, 3.05) is 6.26 Å². The second-order valence-electron chi connectivity index (χ2n) is 7.44. The van der Waals surface area contributed by atoms with Crippen LogP contribution >= 0.6 is 11.8 Å². The number of H-pyrrole nitrogens is 1. The second-order valence-corrected chi connectivity index (χ2v) is 8.32. The van der Waals surface area contributed by atoms with Gasteiger partial charge < -0.3 is 15.9 Å². The van der Waals surface area contributed by atoms with Crippen LogP contribution in [0, 0.1) is 18.8 Å². The SMILES string of the molecule is CSc1ccc([C@]2(c3ccc(C)c(=O)[nH]3)C[C@@H]2C2CCCC2)cc1.O.O.[HH]. The highest BCUT2D eigenvalue weighted by atomic mass is 32.2. The van der Waals surface area contributed by atoms with Crippen molar-refractivity contribution in [3.63, 3.8) is 0 Å². The summed E-state index contributed by atoms with van der Waals surface area (Å²) in [7, 11) is 0. The van der Waals surface area contributed by atoms with Gasteiger partial charge in [-0.2, -0.15) is 0 Å². The maximum atomic E-state index is 12.2. The van der Waals surface area contributed by atoms with Crippen molar-refractivity contribution < 1.29 is 12.4 Å². The molecule has 1 aromatic heterocycles. The van der Waals surface area contributed by atoms with E-state index >= 15 is 0 Å². The Balaban J connectivity index is 0.00000121. The summed E-state index contributed by atoms with van der Waals surface area (Å²) in [6.07, 6.45) is 8.73. The molecule has 1 heterocycles. The second kappa shape index (κ2) is 7.99. The topological polar surface area (TPSA) is 95.9 Å². The third-order valence-corrected chi connectivity index (χ3v) is 6.92. The van der Waals surface area contributed by atoms with Gasteiger partial charge in [0.15, 0.2) is 0 Å². The molecule has 2 fully saturated rings. The predicted molar refractivity (Wildman–Crippen MR) is 110 cm³/mol. The van der Waals surface area contributed by atoms with E-state index in [9.17, 15) is 4.79 Å². The average molecular weight is 378 g/mol. The molecule has 2 aromatic rings. The summed E-state index contributed by atoms with van der Waals surface area (Å²) >= 11 is 1.78. The summed E-state index contributed by atoms with van der Waals surface area (Å²) in [4.78, 5) is 16.7. The molecule has 0 bridgehead atoms. The van der Waals surface area contributed by atoms with Crippen molar-refractivity contribution in [1.82, 2.24) is 4.98 Å². The van der Waals surface area contributed by atoms with Crippen LogP contribution < -0.4 is 5.56 Å². The summed E-state index contributed by atoms with van der Waals surface area (Å²) in [5.41, 5.74) is 3.37. The normalized spacial score (nSPS) is 24.6. The number of thioether (sulfide) groups is 1. The molecule has 0 saturated heterocycles. The first-order chi connectivity index (χ1) is 11.6. The van der Waals surface area contributed by atoms with E-state index in [2.05, 4.69) is 41.6 Å². The maximum absolute atomic E-state index is 12.2. The van der Waals surface area contributed by atoms with Crippen LogP contribution in [-0.2, 0) is 5.41 Å². The molecule has 5 heteroatoms. The fourth-order valence-electron chi connectivity index (χ4n) is 4.71. The number of aromatic amines is 1. The molecular formula is C21H31NO3S. The zero-order valence-corrected chi connectivity index (χ0v) is 16.3. The van der Waals surface area contributed by atoms with E-state index in [4.69, 9.17) is 0 Å². The Hall–Kier alpha value is -1.56. The first-order valence-corrected chi connectivity index (χ1v) is 10.2. The van der Waals surface area contributed by atoms with Crippen molar-refractivity contribution in [2.24, 2.45) is 11.8 Å². The Bertz CT molecular complexity index is 802. The van der Waals surface area contributed by atoms with E-state index in [1.807, 2.05) is 13.0 Å². The first-order valence-electron chi connectivity index (χ1n) is 9.00. The van der Waals surface area contributed by atoms with Gasteiger partial charge in [0.25, 0.3) is 5.56 Å². The standard InChI is InChI=1S/C21H25NOS.2H2O.H2/c1-14-7-12-19(22-20(14)23)21(13-18(21)15-5-3-4-6-15)16-8-10-17(24-2)11-9-16;;;/h7-12,15,18H,3-6,13H2,1-2H3,(H,22,23);2*1H2;1H/t18-,21-;;;/m1.../s1. The fraction of sp³-hybridized carbons (Fsp3) is 0.476. The van der Waals surface area contributed by atoms with E-state index in [0.717, 1.165) is 17.2 Å². The van der Waals surface area contributed by atoms with Gasteiger partial charge in [-0.15, -0.1) is 11.8 Å². The zero-order valence-electron chi connectivity index (χ0n) is 15.5. The fourth-order valence-corrected chi connectivity index (χ4v) is 5.12. The highest BCUT2D eigenvalue weighted by molar-refractivity contribution is 7.98.